The monoisotopic (exact) mass is 410 g/mol. The van der Waals surface area contributed by atoms with Gasteiger partial charge in [-0.2, -0.15) is 5.10 Å². The molecule has 146 valence electrons. The fourth-order valence-corrected chi connectivity index (χ4v) is 3.23. The number of rotatable bonds is 3. The summed E-state index contributed by atoms with van der Waals surface area (Å²) in [5.41, 5.74) is 9.59. The number of nitrogens with one attached hydrogen (secondary N) is 2. The number of pyridine rings is 1. The Hall–Kier alpha value is -3.65. The first kappa shape index (κ1) is 18.7. The molecular weight excluding hydrogens is 395 g/mol. The maximum atomic E-state index is 13.2. The van der Waals surface area contributed by atoms with Crippen LogP contribution >= 0.6 is 11.6 Å². The van der Waals surface area contributed by atoms with Crippen LogP contribution in [0.5, 0.6) is 0 Å². The number of benzene rings is 2. The number of fused-ring (bicyclic) bond motifs is 1. The number of anilines is 3. The Labute approximate surface area is 170 Å². The van der Waals surface area contributed by atoms with Crippen molar-refractivity contribution < 1.29 is 9.18 Å². The smallest absolute Gasteiger partial charge is 0.323 e. The number of aromatic nitrogens is 3. The van der Waals surface area contributed by atoms with Crippen molar-refractivity contribution in [2.75, 3.05) is 16.4 Å². The van der Waals surface area contributed by atoms with Gasteiger partial charge in [0, 0.05) is 30.2 Å². The first-order valence-electron chi connectivity index (χ1n) is 8.62. The molecule has 2 aromatic carbocycles. The number of hydrogen-bond donors (Lipinski definition) is 3. The van der Waals surface area contributed by atoms with Gasteiger partial charge in [-0.15, -0.1) is 0 Å². The summed E-state index contributed by atoms with van der Waals surface area (Å²) in [4.78, 5) is 16.4. The second-order valence-electron chi connectivity index (χ2n) is 6.38. The van der Waals surface area contributed by atoms with E-state index in [4.69, 9.17) is 17.3 Å². The van der Waals surface area contributed by atoms with E-state index in [0.717, 1.165) is 22.0 Å². The zero-order valence-electron chi connectivity index (χ0n) is 15.3. The SMILES string of the molecule is Cn1nc(N)c2c(-c3ccc(NC(=O)Nc4ccc(F)c(Cl)c4)cc3)cncc21. The molecular formula is C20H16ClFN6O. The number of carbonyl (C=O) groups is 1. The lowest BCUT2D eigenvalue weighted by atomic mass is 10.0. The van der Waals surface area contributed by atoms with Crippen molar-refractivity contribution >= 4 is 45.7 Å². The van der Waals surface area contributed by atoms with Crippen LogP contribution in [0, 0.1) is 5.82 Å². The topological polar surface area (TPSA) is 97.9 Å². The summed E-state index contributed by atoms with van der Waals surface area (Å²) in [5, 5.41) is 10.3. The molecule has 0 radical (unpaired) electrons. The molecule has 0 fully saturated rings. The lowest BCUT2D eigenvalue weighted by Crippen LogP contribution is -2.19. The largest absolute Gasteiger partial charge is 0.382 e. The summed E-state index contributed by atoms with van der Waals surface area (Å²) < 4.78 is 14.9. The van der Waals surface area contributed by atoms with Crippen LogP contribution in [0.3, 0.4) is 0 Å². The number of nitrogens with two attached hydrogens (primary N) is 1. The Morgan fingerprint density at radius 3 is 2.52 bits per heavy atom. The van der Waals surface area contributed by atoms with Gasteiger partial charge in [0.15, 0.2) is 5.82 Å². The van der Waals surface area contributed by atoms with Gasteiger partial charge in [-0.3, -0.25) is 9.67 Å². The third-order valence-corrected chi connectivity index (χ3v) is 4.71. The molecule has 0 aliphatic heterocycles. The van der Waals surface area contributed by atoms with Crippen LogP contribution in [0.4, 0.5) is 26.4 Å². The number of nitrogen functional groups attached to an aromatic ring is 1. The quantitative estimate of drug-likeness (QED) is 0.457. The van der Waals surface area contributed by atoms with Crippen LogP contribution in [-0.4, -0.2) is 20.8 Å². The van der Waals surface area contributed by atoms with Gasteiger partial charge in [-0.25, -0.2) is 9.18 Å². The number of amides is 2. The summed E-state index contributed by atoms with van der Waals surface area (Å²) >= 11 is 5.72. The van der Waals surface area contributed by atoms with Crippen molar-refractivity contribution in [3.8, 4) is 11.1 Å². The highest BCUT2D eigenvalue weighted by atomic mass is 35.5. The molecule has 2 heterocycles. The first-order valence-corrected chi connectivity index (χ1v) is 9.00. The molecule has 9 heteroatoms. The van der Waals surface area contributed by atoms with Crippen LogP contribution in [-0.2, 0) is 7.05 Å². The lowest BCUT2D eigenvalue weighted by Gasteiger charge is -2.09. The summed E-state index contributed by atoms with van der Waals surface area (Å²) in [7, 11) is 1.81. The maximum absolute atomic E-state index is 13.2. The minimum atomic E-state index is -0.549. The second kappa shape index (κ2) is 7.40. The molecule has 2 aromatic heterocycles. The summed E-state index contributed by atoms with van der Waals surface area (Å²) in [5.74, 6) is -0.119. The Bertz CT molecular complexity index is 1220. The van der Waals surface area contributed by atoms with E-state index in [2.05, 4.69) is 20.7 Å². The van der Waals surface area contributed by atoms with Gasteiger partial charge in [-0.1, -0.05) is 23.7 Å². The van der Waals surface area contributed by atoms with Crippen molar-refractivity contribution in [2.24, 2.45) is 7.05 Å². The van der Waals surface area contributed by atoms with E-state index >= 15 is 0 Å². The van der Waals surface area contributed by atoms with Crippen molar-refractivity contribution in [3.63, 3.8) is 0 Å². The first-order chi connectivity index (χ1) is 13.9. The van der Waals surface area contributed by atoms with Crippen molar-refractivity contribution in [3.05, 3.63) is 65.7 Å². The van der Waals surface area contributed by atoms with Crippen LogP contribution in [0.2, 0.25) is 5.02 Å². The van der Waals surface area contributed by atoms with Crippen LogP contribution in [0.25, 0.3) is 22.0 Å². The lowest BCUT2D eigenvalue weighted by molar-refractivity contribution is 0.262. The van der Waals surface area contributed by atoms with E-state index in [1.807, 2.05) is 19.2 Å². The fraction of sp³-hybridized carbons (Fsp3) is 0.0500. The van der Waals surface area contributed by atoms with Crippen LogP contribution < -0.4 is 16.4 Å². The molecule has 4 N–H and O–H groups in total. The average molecular weight is 411 g/mol. The van der Waals surface area contributed by atoms with Crippen LogP contribution in [0.1, 0.15) is 0 Å². The Balaban J connectivity index is 1.52. The normalized spacial score (nSPS) is 10.9. The van der Waals surface area contributed by atoms with Gasteiger partial charge in [0.25, 0.3) is 0 Å². The number of halogens is 2. The zero-order valence-corrected chi connectivity index (χ0v) is 16.0. The molecule has 0 spiro atoms. The average Bonchev–Trinajstić information content (AvgIpc) is 2.99. The molecule has 0 saturated heterocycles. The summed E-state index contributed by atoms with van der Waals surface area (Å²) in [6, 6.07) is 10.7. The standard InChI is InChI=1S/C20H16ClFN6O/c1-28-17-10-24-9-14(18(17)19(23)27-28)11-2-4-12(5-3-11)25-20(29)26-13-6-7-16(22)15(21)8-13/h2-10H,1H3,(H2,23,27)(H2,25,26,29). The van der Waals surface area contributed by atoms with E-state index in [0.29, 0.717) is 17.2 Å². The van der Waals surface area contributed by atoms with Crippen molar-refractivity contribution in [2.45, 2.75) is 0 Å². The molecule has 0 aliphatic rings. The van der Waals surface area contributed by atoms with Gasteiger partial charge >= 0.3 is 6.03 Å². The Morgan fingerprint density at radius 1 is 1.10 bits per heavy atom. The van der Waals surface area contributed by atoms with Crippen LogP contribution in [0.15, 0.2) is 54.9 Å². The number of urea groups is 1. The van der Waals surface area contributed by atoms with Gasteiger partial charge in [0.2, 0.25) is 0 Å². The van der Waals surface area contributed by atoms with Gasteiger partial charge < -0.3 is 16.4 Å². The Morgan fingerprint density at radius 2 is 1.79 bits per heavy atom. The number of nitrogens with zero attached hydrogens (tertiary/aromatic N) is 3. The fourth-order valence-electron chi connectivity index (χ4n) is 3.05. The predicted octanol–water partition coefficient (Wildman–Crippen LogP) is 4.65. The van der Waals surface area contributed by atoms with E-state index in [9.17, 15) is 9.18 Å². The molecule has 0 unspecified atom stereocenters. The molecule has 4 aromatic rings. The summed E-state index contributed by atoms with van der Waals surface area (Å²) in [6.45, 7) is 0. The molecule has 4 rings (SSSR count). The number of hydrogen-bond acceptors (Lipinski definition) is 4. The molecule has 29 heavy (non-hydrogen) atoms. The molecule has 0 saturated carbocycles. The molecule has 7 nitrogen and oxygen atoms in total. The van der Waals surface area contributed by atoms with E-state index < -0.39 is 11.8 Å². The third kappa shape index (κ3) is 3.70. The van der Waals surface area contributed by atoms with E-state index in [1.165, 1.54) is 18.2 Å². The Kier molecular flexibility index (Phi) is 4.77. The van der Waals surface area contributed by atoms with E-state index in [-0.39, 0.29) is 5.02 Å². The molecule has 0 aliphatic carbocycles. The number of aryl methyl sites for hydroxylation is 1. The molecule has 0 bridgehead atoms. The highest BCUT2D eigenvalue weighted by molar-refractivity contribution is 6.31. The minimum absolute atomic E-state index is 0.0652. The van der Waals surface area contributed by atoms with E-state index in [1.54, 1.807) is 29.2 Å². The number of carbonyl (C=O) groups excluding carboxylic acids is 1. The maximum Gasteiger partial charge on any atom is 0.323 e. The van der Waals surface area contributed by atoms with Crippen molar-refractivity contribution in [1.29, 1.82) is 0 Å². The molecule has 2 amide bonds. The highest BCUT2D eigenvalue weighted by Crippen LogP contribution is 2.31. The van der Waals surface area contributed by atoms with Gasteiger partial charge in [-0.05, 0) is 35.9 Å². The minimum Gasteiger partial charge on any atom is -0.382 e. The van der Waals surface area contributed by atoms with Gasteiger partial charge in [0.1, 0.15) is 5.82 Å². The van der Waals surface area contributed by atoms with Crippen molar-refractivity contribution in [1.82, 2.24) is 14.8 Å². The molecule has 0 atom stereocenters. The summed E-state index contributed by atoms with van der Waals surface area (Å²) in [6.07, 6.45) is 3.44. The third-order valence-electron chi connectivity index (χ3n) is 4.42. The van der Waals surface area contributed by atoms with Gasteiger partial charge in [0.05, 0.1) is 22.1 Å². The zero-order chi connectivity index (χ0) is 20.5. The highest BCUT2D eigenvalue weighted by Gasteiger charge is 2.13. The predicted molar refractivity (Wildman–Crippen MR) is 112 cm³/mol. The second-order valence-corrected chi connectivity index (χ2v) is 6.78.